The van der Waals surface area contributed by atoms with E-state index in [-0.39, 0.29) is 5.75 Å². The molecule has 2 rings (SSSR count). The molecule has 2 aromatic carbocycles. The molecule has 0 aliphatic rings. The predicted molar refractivity (Wildman–Crippen MR) is 119 cm³/mol. The van der Waals surface area contributed by atoms with E-state index in [2.05, 4.69) is 29.8 Å². The largest absolute Gasteiger partial charge is 0.504 e. The average molecular weight is 449 g/mol. The minimum atomic E-state index is 0.129. The van der Waals surface area contributed by atoms with Crippen LogP contribution in [0.5, 0.6) is 23.0 Å². The number of phenolic OH excluding ortho intramolecular Hbond substituents is 1. The van der Waals surface area contributed by atoms with Gasteiger partial charge in [-0.3, -0.25) is 0 Å². The van der Waals surface area contributed by atoms with E-state index in [1.807, 2.05) is 43.3 Å². The quantitative estimate of drug-likeness (QED) is 0.388. The Morgan fingerprint density at radius 3 is 2.00 bits per heavy atom. The van der Waals surface area contributed by atoms with E-state index in [0.717, 1.165) is 40.8 Å². The standard InChI is InChI=1S/C23H29BrO4/c1-4-13-26-20-11-8-17(16-22(20)28-15-6-3)7-9-18-19(24)10-12-21(23(18)25)27-14-5-2/h7-12,16,25H,4-6,13-15H2,1-3H3/b9-7+. The van der Waals surface area contributed by atoms with Crippen molar-refractivity contribution in [3.05, 3.63) is 45.9 Å². The Labute approximate surface area is 176 Å². The number of halogens is 1. The van der Waals surface area contributed by atoms with Crippen LogP contribution < -0.4 is 14.2 Å². The van der Waals surface area contributed by atoms with E-state index >= 15 is 0 Å². The summed E-state index contributed by atoms with van der Waals surface area (Å²) in [6.07, 6.45) is 6.56. The molecule has 0 saturated carbocycles. The Kier molecular flexibility index (Phi) is 9.21. The Balaban J connectivity index is 2.27. The Morgan fingerprint density at radius 2 is 1.36 bits per heavy atom. The number of benzene rings is 2. The maximum atomic E-state index is 10.5. The van der Waals surface area contributed by atoms with E-state index in [9.17, 15) is 5.11 Å². The maximum Gasteiger partial charge on any atom is 0.166 e. The first kappa shape index (κ1) is 22.2. The third-order valence-electron chi connectivity index (χ3n) is 3.92. The van der Waals surface area contributed by atoms with Gasteiger partial charge in [0.15, 0.2) is 23.0 Å². The van der Waals surface area contributed by atoms with Crippen molar-refractivity contribution in [1.82, 2.24) is 0 Å². The summed E-state index contributed by atoms with van der Waals surface area (Å²) in [7, 11) is 0. The normalized spacial score (nSPS) is 11.0. The fourth-order valence-electron chi connectivity index (χ4n) is 2.51. The van der Waals surface area contributed by atoms with Crippen LogP contribution in [0.25, 0.3) is 12.2 Å². The second-order valence-electron chi connectivity index (χ2n) is 6.39. The molecule has 4 nitrogen and oxygen atoms in total. The molecule has 152 valence electrons. The summed E-state index contributed by atoms with van der Waals surface area (Å²) in [5.74, 6) is 2.11. The van der Waals surface area contributed by atoms with Gasteiger partial charge < -0.3 is 19.3 Å². The summed E-state index contributed by atoms with van der Waals surface area (Å²) in [6, 6.07) is 9.50. The van der Waals surface area contributed by atoms with E-state index in [0.29, 0.717) is 31.1 Å². The van der Waals surface area contributed by atoms with Gasteiger partial charge in [-0.25, -0.2) is 0 Å². The topological polar surface area (TPSA) is 47.9 Å². The first-order valence-electron chi connectivity index (χ1n) is 9.82. The Morgan fingerprint density at radius 1 is 0.786 bits per heavy atom. The lowest BCUT2D eigenvalue weighted by Gasteiger charge is -2.13. The Hall–Kier alpha value is -2.14. The van der Waals surface area contributed by atoms with Crippen molar-refractivity contribution < 1.29 is 19.3 Å². The van der Waals surface area contributed by atoms with Gasteiger partial charge in [-0.2, -0.15) is 0 Å². The smallest absolute Gasteiger partial charge is 0.166 e. The maximum absolute atomic E-state index is 10.5. The average Bonchev–Trinajstić information content (AvgIpc) is 2.70. The van der Waals surface area contributed by atoms with Crippen LogP contribution in [0.4, 0.5) is 0 Å². The van der Waals surface area contributed by atoms with E-state index in [1.54, 1.807) is 6.07 Å². The van der Waals surface area contributed by atoms with Crippen LogP contribution in [0.2, 0.25) is 0 Å². The van der Waals surface area contributed by atoms with Crippen LogP contribution in [-0.2, 0) is 0 Å². The van der Waals surface area contributed by atoms with E-state index in [4.69, 9.17) is 14.2 Å². The highest BCUT2D eigenvalue weighted by Gasteiger charge is 2.11. The van der Waals surface area contributed by atoms with Gasteiger partial charge in [0.1, 0.15) is 0 Å². The molecule has 0 heterocycles. The number of hydrogen-bond donors (Lipinski definition) is 1. The number of aromatic hydroxyl groups is 1. The fourth-order valence-corrected chi connectivity index (χ4v) is 2.97. The van der Waals surface area contributed by atoms with Crippen molar-refractivity contribution in [2.24, 2.45) is 0 Å². The summed E-state index contributed by atoms with van der Waals surface area (Å²) < 4.78 is 18.0. The van der Waals surface area contributed by atoms with Crippen molar-refractivity contribution in [3.8, 4) is 23.0 Å². The van der Waals surface area contributed by atoms with Gasteiger partial charge in [0, 0.05) is 10.0 Å². The van der Waals surface area contributed by atoms with Gasteiger partial charge in [-0.05, 0) is 55.2 Å². The van der Waals surface area contributed by atoms with Gasteiger partial charge in [0.25, 0.3) is 0 Å². The summed E-state index contributed by atoms with van der Waals surface area (Å²) in [5.41, 5.74) is 1.64. The van der Waals surface area contributed by atoms with Gasteiger partial charge >= 0.3 is 0 Å². The van der Waals surface area contributed by atoms with Crippen LogP contribution >= 0.6 is 15.9 Å². The lowest BCUT2D eigenvalue weighted by molar-refractivity contribution is 0.268. The van der Waals surface area contributed by atoms with Gasteiger partial charge in [-0.1, -0.05) is 48.8 Å². The minimum Gasteiger partial charge on any atom is -0.504 e. The monoisotopic (exact) mass is 448 g/mol. The second kappa shape index (κ2) is 11.6. The Bertz CT molecular complexity index is 786. The fraction of sp³-hybridized carbons (Fsp3) is 0.391. The van der Waals surface area contributed by atoms with E-state index in [1.165, 1.54) is 0 Å². The van der Waals surface area contributed by atoms with Crippen LogP contribution in [0, 0.1) is 0 Å². The van der Waals surface area contributed by atoms with Gasteiger partial charge in [0.2, 0.25) is 0 Å². The van der Waals surface area contributed by atoms with Crippen molar-refractivity contribution in [2.75, 3.05) is 19.8 Å². The second-order valence-corrected chi connectivity index (χ2v) is 7.25. The molecule has 0 aromatic heterocycles. The molecule has 0 aliphatic heterocycles. The number of phenols is 1. The molecule has 1 N–H and O–H groups in total. The number of ether oxygens (including phenoxy) is 3. The minimum absolute atomic E-state index is 0.129. The molecule has 0 spiro atoms. The van der Waals surface area contributed by atoms with Crippen LogP contribution in [0.15, 0.2) is 34.8 Å². The zero-order valence-corrected chi connectivity index (χ0v) is 18.4. The van der Waals surface area contributed by atoms with Crippen molar-refractivity contribution in [1.29, 1.82) is 0 Å². The molecule has 0 radical (unpaired) electrons. The molecule has 0 atom stereocenters. The van der Waals surface area contributed by atoms with Gasteiger partial charge in [0.05, 0.1) is 19.8 Å². The molecule has 0 bridgehead atoms. The van der Waals surface area contributed by atoms with E-state index < -0.39 is 0 Å². The summed E-state index contributed by atoms with van der Waals surface area (Å²) >= 11 is 3.50. The lowest BCUT2D eigenvalue weighted by atomic mass is 10.1. The number of rotatable bonds is 11. The molecule has 28 heavy (non-hydrogen) atoms. The lowest BCUT2D eigenvalue weighted by Crippen LogP contribution is -2.01. The summed E-state index contributed by atoms with van der Waals surface area (Å²) in [4.78, 5) is 0. The van der Waals surface area contributed by atoms with Crippen LogP contribution in [-0.4, -0.2) is 24.9 Å². The highest BCUT2D eigenvalue weighted by molar-refractivity contribution is 9.10. The zero-order chi connectivity index (χ0) is 20.4. The predicted octanol–water partition coefficient (Wildman–Crippen LogP) is 6.69. The highest BCUT2D eigenvalue weighted by Crippen LogP contribution is 2.37. The molecule has 0 unspecified atom stereocenters. The van der Waals surface area contributed by atoms with Gasteiger partial charge in [-0.15, -0.1) is 0 Å². The summed E-state index contributed by atoms with van der Waals surface area (Å²) in [5, 5.41) is 10.5. The molecule has 0 aliphatic carbocycles. The third kappa shape index (κ3) is 6.20. The SMILES string of the molecule is CCCOc1ccc(/C=C/c2c(Br)ccc(OCCC)c2O)cc1OCCC. The first-order valence-corrected chi connectivity index (χ1v) is 10.6. The summed E-state index contributed by atoms with van der Waals surface area (Å²) in [6.45, 7) is 8.04. The van der Waals surface area contributed by atoms with Crippen molar-refractivity contribution >= 4 is 28.1 Å². The molecule has 0 saturated heterocycles. The molecule has 0 amide bonds. The molecule has 2 aromatic rings. The van der Waals surface area contributed by atoms with Crippen molar-refractivity contribution in [3.63, 3.8) is 0 Å². The molecule has 5 heteroatoms. The zero-order valence-electron chi connectivity index (χ0n) is 16.8. The number of hydrogen-bond acceptors (Lipinski definition) is 4. The van der Waals surface area contributed by atoms with Crippen LogP contribution in [0.1, 0.15) is 51.2 Å². The molecule has 0 fully saturated rings. The third-order valence-corrected chi connectivity index (χ3v) is 4.61. The molecular formula is C23H29BrO4. The first-order chi connectivity index (χ1) is 13.6. The van der Waals surface area contributed by atoms with Crippen LogP contribution in [0.3, 0.4) is 0 Å². The van der Waals surface area contributed by atoms with Crippen molar-refractivity contribution in [2.45, 2.75) is 40.0 Å². The highest BCUT2D eigenvalue weighted by atomic mass is 79.9. The molecular weight excluding hydrogens is 420 g/mol.